The third-order valence-corrected chi connectivity index (χ3v) is 5.44. The van der Waals surface area contributed by atoms with E-state index in [1.807, 2.05) is 11.4 Å². The lowest BCUT2D eigenvalue weighted by Gasteiger charge is -2.21. The number of thiophene rings is 1. The Morgan fingerprint density at radius 3 is 3.04 bits per heavy atom. The maximum absolute atomic E-state index is 12.6. The van der Waals surface area contributed by atoms with Gasteiger partial charge in [0, 0.05) is 11.6 Å². The predicted octanol–water partition coefficient (Wildman–Crippen LogP) is 2.48. The summed E-state index contributed by atoms with van der Waals surface area (Å²) in [6, 6.07) is 11.0. The van der Waals surface area contributed by atoms with Crippen LogP contribution in [0.1, 0.15) is 23.3 Å². The number of ether oxygens (including phenoxy) is 1. The Labute approximate surface area is 162 Å². The van der Waals surface area contributed by atoms with Crippen molar-refractivity contribution in [1.82, 2.24) is 0 Å². The highest BCUT2D eigenvalue weighted by Crippen LogP contribution is 2.20. The van der Waals surface area contributed by atoms with E-state index in [0.29, 0.717) is 22.8 Å². The van der Waals surface area contributed by atoms with E-state index in [9.17, 15) is 10.1 Å². The van der Waals surface area contributed by atoms with Gasteiger partial charge in [-0.1, -0.05) is 17.7 Å². The largest absolute Gasteiger partial charge is 0.372 e. The van der Waals surface area contributed by atoms with Crippen molar-refractivity contribution in [2.75, 3.05) is 25.0 Å². The van der Waals surface area contributed by atoms with E-state index in [4.69, 9.17) is 16.3 Å². The number of quaternary nitrogens is 1. The highest BCUT2D eigenvalue weighted by atomic mass is 35.5. The van der Waals surface area contributed by atoms with Crippen LogP contribution in [0.2, 0.25) is 5.02 Å². The van der Waals surface area contributed by atoms with E-state index in [1.54, 1.807) is 29.5 Å². The van der Waals surface area contributed by atoms with E-state index in [2.05, 4.69) is 17.5 Å². The number of halogens is 1. The monoisotopic (exact) mass is 390 g/mol. The fraction of sp³-hybridized carbons (Fsp3) is 0.368. The zero-order valence-electron chi connectivity index (χ0n) is 14.3. The summed E-state index contributed by atoms with van der Waals surface area (Å²) >= 11 is 7.68. The molecule has 1 aliphatic heterocycles. The van der Waals surface area contributed by atoms with Crippen molar-refractivity contribution >= 4 is 34.5 Å². The van der Waals surface area contributed by atoms with Crippen LogP contribution < -0.4 is 10.2 Å². The minimum Gasteiger partial charge on any atom is -0.372 e. The molecule has 2 N–H and O–H groups in total. The van der Waals surface area contributed by atoms with E-state index in [-0.39, 0.29) is 12.0 Å². The molecule has 1 saturated heterocycles. The number of hydrogen-bond acceptors (Lipinski definition) is 4. The molecule has 1 unspecified atom stereocenters. The second kappa shape index (κ2) is 9.15. The molecule has 1 fully saturated rings. The van der Waals surface area contributed by atoms with E-state index < -0.39 is 0 Å². The molecule has 0 spiro atoms. The molecule has 1 aliphatic rings. The first-order chi connectivity index (χ1) is 12.6. The number of carbonyl (C=O) groups excluding carboxylic acids is 1. The van der Waals surface area contributed by atoms with Crippen molar-refractivity contribution in [3.63, 3.8) is 0 Å². The third-order valence-electron chi connectivity index (χ3n) is 4.33. The molecule has 2 heterocycles. The van der Waals surface area contributed by atoms with Gasteiger partial charge in [0.15, 0.2) is 6.54 Å². The van der Waals surface area contributed by atoms with Crippen molar-refractivity contribution in [2.45, 2.75) is 25.5 Å². The summed E-state index contributed by atoms with van der Waals surface area (Å²) in [7, 11) is 0. The van der Waals surface area contributed by atoms with Gasteiger partial charge in [0.25, 0.3) is 5.91 Å². The van der Waals surface area contributed by atoms with Gasteiger partial charge in [0.2, 0.25) is 0 Å². The second-order valence-corrected chi connectivity index (χ2v) is 7.84. The number of nitriles is 1. The second-order valence-electron chi connectivity index (χ2n) is 6.37. The van der Waals surface area contributed by atoms with Crippen LogP contribution in [0.15, 0.2) is 35.7 Å². The maximum atomic E-state index is 12.6. The number of nitrogens with zero attached hydrogens (tertiary/aromatic N) is 1. The maximum Gasteiger partial charge on any atom is 0.279 e. The number of anilines is 1. The van der Waals surface area contributed by atoms with Gasteiger partial charge in [0.1, 0.15) is 25.3 Å². The van der Waals surface area contributed by atoms with Crippen LogP contribution in [0, 0.1) is 11.3 Å². The molecule has 136 valence electrons. The van der Waals surface area contributed by atoms with Crippen molar-refractivity contribution in [2.24, 2.45) is 0 Å². The highest BCUT2D eigenvalue weighted by molar-refractivity contribution is 7.09. The number of carbonyl (C=O) groups is 1. The first-order valence-electron chi connectivity index (χ1n) is 8.61. The Hall–Kier alpha value is -1.91. The number of nitrogens with one attached hydrogen (secondary N) is 2. The molecule has 0 aliphatic carbocycles. The summed E-state index contributed by atoms with van der Waals surface area (Å²) in [6.07, 6.45) is 2.33. The van der Waals surface area contributed by atoms with Crippen LogP contribution in [0.5, 0.6) is 0 Å². The lowest BCUT2D eigenvalue weighted by Crippen LogP contribution is -3.12. The van der Waals surface area contributed by atoms with Gasteiger partial charge >= 0.3 is 0 Å². The highest BCUT2D eigenvalue weighted by Gasteiger charge is 2.24. The van der Waals surface area contributed by atoms with Crippen LogP contribution in [0.25, 0.3) is 0 Å². The van der Waals surface area contributed by atoms with Crippen LogP contribution >= 0.6 is 22.9 Å². The van der Waals surface area contributed by atoms with Gasteiger partial charge in [-0.15, -0.1) is 11.3 Å². The summed E-state index contributed by atoms with van der Waals surface area (Å²) in [5, 5.41) is 14.6. The number of rotatable bonds is 7. The molecule has 0 saturated carbocycles. The fourth-order valence-electron chi connectivity index (χ4n) is 3.13. The zero-order valence-corrected chi connectivity index (χ0v) is 15.9. The Kier molecular flexibility index (Phi) is 6.64. The van der Waals surface area contributed by atoms with Gasteiger partial charge in [-0.3, -0.25) is 4.79 Å². The van der Waals surface area contributed by atoms with Gasteiger partial charge in [-0.2, -0.15) is 5.26 Å². The molecule has 0 bridgehead atoms. The minimum atomic E-state index is -0.131. The average molecular weight is 391 g/mol. The van der Waals surface area contributed by atoms with E-state index in [0.717, 1.165) is 37.4 Å². The predicted molar refractivity (Wildman–Crippen MR) is 102 cm³/mol. The molecular weight excluding hydrogens is 370 g/mol. The molecule has 3 rings (SSSR count). The molecule has 0 radical (unpaired) electrons. The van der Waals surface area contributed by atoms with Crippen LogP contribution in [0.4, 0.5) is 5.69 Å². The molecule has 1 aromatic heterocycles. The minimum absolute atomic E-state index is 0.131. The summed E-state index contributed by atoms with van der Waals surface area (Å²) in [6.45, 7) is 2.70. The number of amides is 1. The topological polar surface area (TPSA) is 66.6 Å². The van der Waals surface area contributed by atoms with Gasteiger partial charge < -0.3 is 15.0 Å². The number of hydrogen-bond donors (Lipinski definition) is 2. The molecule has 5 nitrogen and oxygen atoms in total. The molecule has 2 atom stereocenters. The lowest BCUT2D eigenvalue weighted by molar-refractivity contribution is -0.908. The molecule has 26 heavy (non-hydrogen) atoms. The summed E-state index contributed by atoms with van der Waals surface area (Å²) < 4.78 is 5.75. The van der Waals surface area contributed by atoms with Gasteiger partial charge in [-0.25, -0.2) is 0 Å². The lowest BCUT2D eigenvalue weighted by atomic mass is 10.2. The van der Waals surface area contributed by atoms with Gasteiger partial charge in [0.05, 0.1) is 16.1 Å². The third kappa shape index (κ3) is 5.29. The number of benzene rings is 1. The first-order valence-corrected chi connectivity index (χ1v) is 9.87. The van der Waals surface area contributed by atoms with Crippen LogP contribution in [-0.4, -0.2) is 31.7 Å². The van der Waals surface area contributed by atoms with Crippen molar-refractivity contribution < 1.29 is 14.4 Å². The first kappa shape index (κ1) is 18.9. The molecular formula is C19H21ClN3O2S+. The van der Waals surface area contributed by atoms with Crippen molar-refractivity contribution in [3.05, 3.63) is 51.2 Å². The van der Waals surface area contributed by atoms with E-state index in [1.165, 1.54) is 4.88 Å². The smallest absolute Gasteiger partial charge is 0.279 e. The standard InChI is InChI=1S/C19H20ClN3O2S/c20-15-6-5-14(10-21)18(9-15)22-19(24)13-23(11-16-3-1-7-25-16)12-17-4-2-8-26-17/h2,4-6,8-9,16H,1,3,7,11-13H2,(H,22,24)/p+1/t16-/m0/s1. The molecule has 7 heteroatoms. The summed E-state index contributed by atoms with van der Waals surface area (Å²) in [4.78, 5) is 15.0. The Morgan fingerprint density at radius 2 is 2.35 bits per heavy atom. The van der Waals surface area contributed by atoms with Gasteiger partial charge in [-0.05, 0) is 42.5 Å². The Morgan fingerprint density at radius 1 is 1.46 bits per heavy atom. The summed E-state index contributed by atoms with van der Waals surface area (Å²) in [5.41, 5.74) is 0.860. The fourth-order valence-corrected chi connectivity index (χ4v) is 4.08. The SMILES string of the molecule is N#Cc1ccc(Cl)cc1NC(=O)C[NH+](Cc1cccs1)C[C@@H]1CCCO1. The Balaban J connectivity index is 1.66. The normalized spacial score (nSPS) is 17.6. The van der Waals surface area contributed by atoms with Crippen molar-refractivity contribution in [3.8, 4) is 6.07 Å². The van der Waals surface area contributed by atoms with Crippen molar-refractivity contribution in [1.29, 1.82) is 5.26 Å². The summed E-state index contributed by atoms with van der Waals surface area (Å²) in [5.74, 6) is -0.131. The van der Waals surface area contributed by atoms with Crippen LogP contribution in [0.3, 0.4) is 0 Å². The molecule has 2 aromatic rings. The van der Waals surface area contributed by atoms with E-state index >= 15 is 0 Å². The quantitative estimate of drug-likeness (QED) is 0.763. The zero-order chi connectivity index (χ0) is 18.4. The molecule has 1 aromatic carbocycles. The average Bonchev–Trinajstić information content (AvgIpc) is 3.29. The Bertz CT molecular complexity index is 783. The molecule has 1 amide bonds. The van der Waals surface area contributed by atoms with Crippen LogP contribution in [-0.2, 0) is 16.1 Å².